The Labute approximate surface area is 186 Å². The number of sulfonamides is 1. The predicted octanol–water partition coefficient (Wildman–Crippen LogP) is 4.40. The molecule has 0 unspecified atom stereocenters. The van der Waals surface area contributed by atoms with Gasteiger partial charge < -0.3 is 5.32 Å². The lowest BCUT2D eigenvalue weighted by molar-refractivity contribution is -0.116. The summed E-state index contributed by atoms with van der Waals surface area (Å²) in [6.45, 7) is 4.79. The summed E-state index contributed by atoms with van der Waals surface area (Å²) in [6, 6.07) is 15.1. The molecule has 2 N–H and O–H groups in total. The molecule has 1 aliphatic rings. The first-order chi connectivity index (χ1) is 14.8. The van der Waals surface area contributed by atoms with E-state index in [4.69, 9.17) is 0 Å². The van der Waals surface area contributed by atoms with Crippen molar-refractivity contribution < 1.29 is 13.2 Å². The van der Waals surface area contributed by atoms with Gasteiger partial charge in [0.05, 0.1) is 4.90 Å². The molecule has 0 radical (unpaired) electrons. The van der Waals surface area contributed by atoms with Crippen LogP contribution in [0.4, 0.5) is 0 Å². The topological polar surface area (TPSA) is 75.3 Å². The number of amides is 1. The summed E-state index contributed by atoms with van der Waals surface area (Å²) in [4.78, 5) is 12.3. The van der Waals surface area contributed by atoms with Crippen molar-refractivity contribution in [3.8, 4) is 0 Å². The maximum absolute atomic E-state index is 12.5. The first kappa shape index (κ1) is 23.2. The van der Waals surface area contributed by atoms with E-state index in [0.29, 0.717) is 23.8 Å². The molecule has 1 fully saturated rings. The molecule has 166 valence electrons. The Balaban J connectivity index is 1.45. The van der Waals surface area contributed by atoms with Crippen LogP contribution in [0.3, 0.4) is 0 Å². The highest BCUT2D eigenvalue weighted by Crippen LogP contribution is 2.20. The van der Waals surface area contributed by atoms with Gasteiger partial charge in [-0.2, -0.15) is 0 Å². The van der Waals surface area contributed by atoms with Crippen LogP contribution in [0.1, 0.15) is 62.1 Å². The first-order valence-electron chi connectivity index (χ1n) is 11.0. The van der Waals surface area contributed by atoms with Crippen molar-refractivity contribution in [2.45, 2.75) is 62.8 Å². The average molecular weight is 441 g/mol. The van der Waals surface area contributed by atoms with Gasteiger partial charge in [0.25, 0.3) is 0 Å². The van der Waals surface area contributed by atoms with Gasteiger partial charge in [-0.25, -0.2) is 13.1 Å². The van der Waals surface area contributed by atoms with E-state index in [1.807, 2.05) is 24.3 Å². The van der Waals surface area contributed by atoms with Gasteiger partial charge in [0.2, 0.25) is 15.9 Å². The lowest BCUT2D eigenvalue weighted by atomic mass is 10.0. The molecule has 0 saturated heterocycles. The Bertz CT molecular complexity index is 988. The van der Waals surface area contributed by atoms with Crippen molar-refractivity contribution in [3.05, 3.63) is 71.3 Å². The third-order valence-corrected chi connectivity index (χ3v) is 7.19. The SMILES string of the molecule is CC(C)c1ccc(/C=C/C(=O)NCCc2ccc(S(=O)(=O)NC3CCCC3)cc2)cc1. The van der Waals surface area contributed by atoms with Gasteiger partial charge in [0, 0.05) is 18.7 Å². The molecule has 0 atom stereocenters. The molecule has 1 aliphatic carbocycles. The summed E-state index contributed by atoms with van der Waals surface area (Å²) in [6.07, 6.45) is 7.96. The van der Waals surface area contributed by atoms with Crippen LogP contribution in [0.2, 0.25) is 0 Å². The van der Waals surface area contributed by atoms with Crippen molar-refractivity contribution in [2.24, 2.45) is 0 Å². The van der Waals surface area contributed by atoms with Crippen LogP contribution in [-0.2, 0) is 21.2 Å². The monoisotopic (exact) mass is 440 g/mol. The van der Waals surface area contributed by atoms with Crippen LogP contribution < -0.4 is 10.0 Å². The molecule has 0 aliphatic heterocycles. The number of carbonyl (C=O) groups is 1. The highest BCUT2D eigenvalue weighted by molar-refractivity contribution is 7.89. The van der Waals surface area contributed by atoms with Crippen molar-refractivity contribution in [1.82, 2.24) is 10.0 Å². The number of hydrogen-bond acceptors (Lipinski definition) is 3. The normalized spacial score (nSPS) is 15.1. The molecule has 0 bridgehead atoms. The third-order valence-electron chi connectivity index (χ3n) is 5.65. The Hall–Kier alpha value is -2.44. The lowest BCUT2D eigenvalue weighted by Gasteiger charge is -2.12. The number of nitrogens with one attached hydrogen (secondary N) is 2. The minimum absolute atomic E-state index is 0.0566. The summed E-state index contributed by atoms with van der Waals surface area (Å²) in [5, 5.41) is 2.87. The Morgan fingerprint density at radius 2 is 1.68 bits per heavy atom. The van der Waals surface area contributed by atoms with Gasteiger partial charge in [0.15, 0.2) is 0 Å². The molecule has 31 heavy (non-hydrogen) atoms. The van der Waals surface area contributed by atoms with Gasteiger partial charge in [0.1, 0.15) is 0 Å². The second-order valence-corrected chi connectivity index (χ2v) is 10.2. The van der Waals surface area contributed by atoms with Crippen molar-refractivity contribution in [2.75, 3.05) is 6.54 Å². The zero-order valence-electron chi connectivity index (χ0n) is 18.3. The number of carbonyl (C=O) groups excluding carboxylic acids is 1. The predicted molar refractivity (Wildman–Crippen MR) is 125 cm³/mol. The lowest BCUT2D eigenvalue weighted by Crippen LogP contribution is -2.32. The number of benzene rings is 2. The Kier molecular flexibility index (Phi) is 8.04. The fourth-order valence-electron chi connectivity index (χ4n) is 3.72. The number of hydrogen-bond donors (Lipinski definition) is 2. The second-order valence-electron chi connectivity index (χ2n) is 8.44. The largest absolute Gasteiger partial charge is 0.352 e. The average Bonchev–Trinajstić information content (AvgIpc) is 3.25. The molecule has 2 aromatic rings. The Morgan fingerprint density at radius 3 is 2.29 bits per heavy atom. The molecule has 1 amide bonds. The van der Waals surface area contributed by atoms with E-state index in [1.54, 1.807) is 18.2 Å². The maximum Gasteiger partial charge on any atom is 0.244 e. The quantitative estimate of drug-likeness (QED) is 0.568. The number of rotatable bonds is 9. The maximum atomic E-state index is 12.5. The Morgan fingerprint density at radius 1 is 1.03 bits per heavy atom. The van der Waals surface area contributed by atoms with Crippen LogP contribution in [0, 0.1) is 0 Å². The zero-order valence-corrected chi connectivity index (χ0v) is 19.1. The van der Waals surface area contributed by atoms with Crippen LogP contribution in [0.15, 0.2) is 59.5 Å². The van der Waals surface area contributed by atoms with E-state index in [1.165, 1.54) is 11.6 Å². The van der Waals surface area contributed by atoms with Crippen molar-refractivity contribution in [1.29, 1.82) is 0 Å². The van der Waals surface area contributed by atoms with Crippen molar-refractivity contribution >= 4 is 22.0 Å². The summed E-state index contributed by atoms with van der Waals surface area (Å²) in [7, 11) is -3.46. The van der Waals surface area contributed by atoms with E-state index in [9.17, 15) is 13.2 Å². The van der Waals surface area contributed by atoms with Crippen LogP contribution in [-0.4, -0.2) is 26.9 Å². The van der Waals surface area contributed by atoms with Crippen LogP contribution in [0.25, 0.3) is 6.08 Å². The highest BCUT2D eigenvalue weighted by atomic mass is 32.2. The van der Waals surface area contributed by atoms with Gasteiger partial charge in [-0.1, -0.05) is 63.1 Å². The summed E-state index contributed by atoms with van der Waals surface area (Å²) >= 11 is 0. The van der Waals surface area contributed by atoms with E-state index < -0.39 is 10.0 Å². The third kappa shape index (κ3) is 7.04. The summed E-state index contributed by atoms with van der Waals surface area (Å²) < 4.78 is 27.7. The van der Waals surface area contributed by atoms with Crippen molar-refractivity contribution in [3.63, 3.8) is 0 Å². The minimum Gasteiger partial charge on any atom is -0.352 e. The first-order valence-corrected chi connectivity index (χ1v) is 12.5. The standard InChI is InChI=1S/C25H32N2O3S/c1-19(2)22-12-7-20(8-13-22)11-16-25(28)26-18-17-21-9-14-24(15-10-21)31(29,30)27-23-5-3-4-6-23/h7-16,19,23,27H,3-6,17-18H2,1-2H3,(H,26,28)/b16-11+. The molecule has 0 aromatic heterocycles. The molecule has 0 heterocycles. The van der Waals surface area contributed by atoms with E-state index >= 15 is 0 Å². The van der Waals surface area contributed by atoms with Gasteiger partial charge >= 0.3 is 0 Å². The highest BCUT2D eigenvalue weighted by Gasteiger charge is 2.22. The minimum atomic E-state index is -3.46. The van der Waals surface area contributed by atoms with E-state index in [-0.39, 0.29) is 11.9 Å². The van der Waals surface area contributed by atoms with Gasteiger partial charge in [-0.05, 0) is 60.1 Å². The molecular weight excluding hydrogens is 408 g/mol. The van der Waals surface area contributed by atoms with Crippen LogP contribution >= 0.6 is 0 Å². The second kappa shape index (κ2) is 10.7. The summed E-state index contributed by atoms with van der Waals surface area (Å²) in [5.41, 5.74) is 3.24. The molecule has 0 spiro atoms. The molecule has 5 nitrogen and oxygen atoms in total. The van der Waals surface area contributed by atoms with E-state index in [0.717, 1.165) is 36.8 Å². The fourth-order valence-corrected chi connectivity index (χ4v) is 5.02. The molecular formula is C25H32N2O3S. The molecule has 3 rings (SSSR count). The molecule has 6 heteroatoms. The van der Waals surface area contributed by atoms with E-state index in [2.05, 4.69) is 36.0 Å². The molecule has 2 aromatic carbocycles. The van der Waals surface area contributed by atoms with Crippen LogP contribution in [0.5, 0.6) is 0 Å². The van der Waals surface area contributed by atoms with Gasteiger partial charge in [-0.15, -0.1) is 0 Å². The smallest absolute Gasteiger partial charge is 0.244 e. The fraction of sp³-hybridized carbons (Fsp3) is 0.400. The zero-order chi connectivity index (χ0) is 22.3. The molecule has 1 saturated carbocycles. The summed E-state index contributed by atoms with van der Waals surface area (Å²) in [5.74, 6) is 0.340. The van der Waals surface area contributed by atoms with Gasteiger partial charge in [-0.3, -0.25) is 4.79 Å².